The van der Waals surface area contributed by atoms with E-state index in [1.807, 2.05) is 0 Å². The average Bonchev–Trinajstić information content (AvgIpc) is 2.27. The first-order valence-electron chi connectivity index (χ1n) is 5.52. The lowest BCUT2D eigenvalue weighted by molar-refractivity contribution is 0.665. The van der Waals surface area contributed by atoms with Gasteiger partial charge in [-0.3, -0.25) is 0 Å². The van der Waals surface area contributed by atoms with Crippen LogP contribution in [0.3, 0.4) is 0 Å². The van der Waals surface area contributed by atoms with Gasteiger partial charge in [0.25, 0.3) is 0 Å². The van der Waals surface area contributed by atoms with Gasteiger partial charge in [-0.2, -0.15) is 0 Å². The monoisotopic (exact) mass is 270 g/mol. The van der Waals surface area contributed by atoms with Gasteiger partial charge in [-0.05, 0) is 18.4 Å². The summed E-state index contributed by atoms with van der Waals surface area (Å²) >= 11 is 3.68. The van der Waals surface area contributed by atoms with Gasteiger partial charge in [0.2, 0.25) is 0 Å². The van der Waals surface area contributed by atoms with E-state index >= 15 is 0 Å². The van der Waals surface area contributed by atoms with Crippen LogP contribution in [0.4, 0.5) is 0 Å². The minimum Gasteiger partial charge on any atom is -0.241 e. The van der Waals surface area contributed by atoms with Gasteiger partial charge in [0.15, 0.2) is 0 Å². The molecule has 0 saturated carbocycles. The highest BCUT2D eigenvalue weighted by molar-refractivity contribution is 9.09. The second kappa shape index (κ2) is 5.59. The Morgan fingerprint density at radius 1 is 1.20 bits per heavy atom. The number of aromatic nitrogens is 2. The summed E-state index contributed by atoms with van der Waals surface area (Å²) < 4.78 is 0. The first-order chi connectivity index (χ1) is 7.06. The Morgan fingerprint density at radius 2 is 1.80 bits per heavy atom. The zero-order chi connectivity index (χ0) is 11.4. The van der Waals surface area contributed by atoms with Crippen molar-refractivity contribution in [3.63, 3.8) is 0 Å². The number of hydrogen-bond donors (Lipinski definition) is 0. The van der Waals surface area contributed by atoms with E-state index in [2.05, 4.69) is 59.7 Å². The molecule has 0 amide bonds. The summed E-state index contributed by atoms with van der Waals surface area (Å²) in [5, 5.41) is 0. The van der Waals surface area contributed by atoms with Gasteiger partial charge >= 0.3 is 0 Å². The van der Waals surface area contributed by atoms with Crippen molar-refractivity contribution in [3.05, 3.63) is 23.8 Å². The molecule has 1 aromatic rings. The van der Waals surface area contributed by atoms with Gasteiger partial charge in [0, 0.05) is 22.1 Å². The zero-order valence-electron chi connectivity index (χ0n) is 9.87. The first kappa shape index (κ1) is 12.6. The summed E-state index contributed by atoms with van der Waals surface area (Å²) in [6.07, 6.45) is 2.79. The van der Waals surface area contributed by atoms with Crippen molar-refractivity contribution in [2.45, 2.75) is 50.8 Å². The fraction of sp³-hybridized carbons (Fsp3) is 0.667. The molecule has 1 aromatic heterocycles. The van der Waals surface area contributed by atoms with Crippen LogP contribution in [-0.4, -0.2) is 14.8 Å². The van der Waals surface area contributed by atoms with Crippen LogP contribution in [0.2, 0.25) is 0 Å². The van der Waals surface area contributed by atoms with E-state index in [1.165, 1.54) is 0 Å². The molecule has 84 valence electrons. The van der Waals surface area contributed by atoms with Crippen molar-refractivity contribution >= 4 is 15.9 Å². The molecular formula is C12H19BrN2. The smallest absolute Gasteiger partial charge is 0.115 e. The van der Waals surface area contributed by atoms with Gasteiger partial charge in [-0.1, -0.05) is 43.6 Å². The molecule has 3 heteroatoms. The van der Waals surface area contributed by atoms with Crippen molar-refractivity contribution in [2.24, 2.45) is 0 Å². The molecule has 15 heavy (non-hydrogen) atoms. The predicted molar refractivity (Wildman–Crippen MR) is 67.5 cm³/mol. The molecule has 0 aliphatic heterocycles. The maximum Gasteiger partial charge on any atom is 0.115 e. The van der Waals surface area contributed by atoms with Crippen LogP contribution in [0, 0.1) is 0 Å². The summed E-state index contributed by atoms with van der Waals surface area (Å²) in [7, 11) is 0. The summed E-state index contributed by atoms with van der Waals surface area (Å²) in [6, 6.07) is 2.12. The van der Waals surface area contributed by atoms with Crippen LogP contribution in [-0.2, 0) is 0 Å². The molecule has 2 atom stereocenters. The standard InChI is InChI=1S/C12H19BrN2/c1-5-10(13)9(4)12-6-11(8(2)3)14-7-15-12/h6-10H,5H2,1-4H3. The molecule has 0 fully saturated rings. The number of hydrogen-bond acceptors (Lipinski definition) is 2. The Balaban J connectivity index is 2.90. The van der Waals surface area contributed by atoms with Crippen LogP contribution in [0.5, 0.6) is 0 Å². The van der Waals surface area contributed by atoms with Crippen molar-refractivity contribution in [1.82, 2.24) is 9.97 Å². The quantitative estimate of drug-likeness (QED) is 0.777. The van der Waals surface area contributed by atoms with Crippen LogP contribution in [0.25, 0.3) is 0 Å². The molecule has 0 N–H and O–H groups in total. The van der Waals surface area contributed by atoms with Crippen LogP contribution < -0.4 is 0 Å². The number of nitrogens with zero attached hydrogens (tertiary/aromatic N) is 2. The summed E-state index contributed by atoms with van der Waals surface area (Å²) in [6.45, 7) is 8.69. The molecule has 0 spiro atoms. The first-order valence-corrected chi connectivity index (χ1v) is 6.43. The number of alkyl halides is 1. The third-order valence-electron chi connectivity index (χ3n) is 2.70. The zero-order valence-corrected chi connectivity index (χ0v) is 11.5. The third-order valence-corrected chi connectivity index (χ3v) is 4.14. The topological polar surface area (TPSA) is 25.8 Å². The molecule has 0 aliphatic rings. The Bertz CT molecular complexity index is 312. The second-order valence-electron chi connectivity index (χ2n) is 4.24. The second-order valence-corrected chi connectivity index (χ2v) is 5.41. The molecular weight excluding hydrogens is 252 g/mol. The van der Waals surface area contributed by atoms with E-state index in [1.54, 1.807) is 6.33 Å². The van der Waals surface area contributed by atoms with Crippen LogP contribution >= 0.6 is 15.9 Å². The fourth-order valence-electron chi connectivity index (χ4n) is 1.49. The van der Waals surface area contributed by atoms with Crippen LogP contribution in [0.15, 0.2) is 12.4 Å². The molecule has 0 aromatic carbocycles. The SMILES string of the molecule is CCC(Br)C(C)c1cc(C(C)C)ncn1. The maximum absolute atomic E-state index is 4.35. The lowest BCUT2D eigenvalue weighted by Crippen LogP contribution is -2.10. The highest BCUT2D eigenvalue weighted by Crippen LogP contribution is 2.26. The van der Waals surface area contributed by atoms with E-state index in [0.29, 0.717) is 16.7 Å². The molecule has 0 radical (unpaired) electrons. The molecule has 0 bridgehead atoms. The Morgan fingerprint density at radius 3 is 2.33 bits per heavy atom. The Labute approximate surface area is 101 Å². The molecule has 2 nitrogen and oxygen atoms in total. The predicted octanol–water partition coefficient (Wildman–Crippen LogP) is 3.88. The third kappa shape index (κ3) is 3.26. The van der Waals surface area contributed by atoms with E-state index in [4.69, 9.17) is 0 Å². The molecule has 1 rings (SSSR count). The van der Waals surface area contributed by atoms with E-state index in [0.717, 1.165) is 17.8 Å². The van der Waals surface area contributed by atoms with E-state index < -0.39 is 0 Å². The molecule has 0 saturated heterocycles. The highest BCUT2D eigenvalue weighted by atomic mass is 79.9. The van der Waals surface area contributed by atoms with E-state index in [-0.39, 0.29) is 0 Å². The van der Waals surface area contributed by atoms with Gasteiger partial charge < -0.3 is 0 Å². The number of halogens is 1. The average molecular weight is 271 g/mol. The normalized spacial score (nSPS) is 15.3. The molecule has 2 unspecified atom stereocenters. The summed E-state index contributed by atoms with van der Waals surface area (Å²) in [5.74, 6) is 0.907. The Kier molecular flexibility index (Phi) is 4.71. The minimum atomic E-state index is 0.440. The van der Waals surface area contributed by atoms with E-state index in [9.17, 15) is 0 Å². The largest absolute Gasteiger partial charge is 0.241 e. The lowest BCUT2D eigenvalue weighted by atomic mass is 9.99. The van der Waals surface area contributed by atoms with Crippen molar-refractivity contribution in [1.29, 1.82) is 0 Å². The summed E-state index contributed by atoms with van der Waals surface area (Å²) in [4.78, 5) is 9.12. The van der Waals surface area contributed by atoms with Crippen molar-refractivity contribution in [3.8, 4) is 0 Å². The van der Waals surface area contributed by atoms with Gasteiger partial charge in [-0.25, -0.2) is 9.97 Å². The number of rotatable bonds is 4. The van der Waals surface area contributed by atoms with Gasteiger partial charge in [-0.15, -0.1) is 0 Å². The minimum absolute atomic E-state index is 0.440. The summed E-state index contributed by atoms with van der Waals surface area (Å²) in [5.41, 5.74) is 2.26. The van der Waals surface area contributed by atoms with Crippen molar-refractivity contribution < 1.29 is 0 Å². The van der Waals surface area contributed by atoms with Crippen molar-refractivity contribution in [2.75, 3.05) is 0 Å². The maximum atomic E-state index is 4.35. The molecule has 0 aliphatic carbocycles. The van der Waals surface area contributed by atoms with Gasteiger partial charge in [0.05, 0.1) is 0 Å². The fourth-order valence-corrected chi connectivity index (χ4v) is 1.76. The lowest BCUT2D eigenvalue weighted by Gasteiger charge is -2.17. The molecule has 1 heterocycles. The highest BCUT2D eigenvalue weighted by Gasteiger charge is 2.16. The van der Waals surface area contributed by atoms with Crippen LogP contribution in [0.1, 0.15) is 57.3 Å². The Hall–Kier alpha value is -0.440. The van der Waals surface area contributed by atoms with Gasteiger partial charge in [0.1, 0.15) is 6.33 Å².